The summed E-state index contributed by atoms with van der Waals surface area (Å²) in [7, 11) is 0. The monoisotopic (exact) mass is 751 g/mol. The van der Waals surface area contributed by atoms with Crippen LogP contribution in [0.25, 0.3) is 0 Å². The summed E-state index contributed by atoms with van der Waals surface area (Å²) in [5, 5.41) is 0. The summed E-state index contributed by atoms with van der Waals surface area (Å²) >= 11 is 0. The molecule has 0 rings (SSSR count). The zero-order valence-corrected chi connectivity index (χ0v) is 42.7. The fourth-order valence-corrected chi connectivity index (χ4v) is 0.354. The Labute approximate surface area is 344 Å². The molecule has 0 amide bonds. The number of hydrogen-bond acceptors (Lipinski definition) is 0. The predicted octanol–water partition coefficient (Wildman–Crippen LogP) is 24.3. The fraction of sp³-hybridized carbons (Fsp3) is 1.00. The summed E-state index contributed by atoms with van der Waals surface area (Å²) in [5.74, 6) is 0. The van der Waals surface area contributed by atoms with E-state index in [1.54, 1.807) is 0 Å². The Morgan fingerprint density at radius 2 is 0.196 bits per heavy atom. The van der Waals surface area contributed by atoms with E-state index in [2.05, 4.69) is 208 Å². The highest BCUT2D eigenvalue weighted by molar-refractivity contribution is 4.24. The van der Waals surface area contributed by atoms with Gasteiger partial charge in [0.25, 0.3) is 0 Å². The third kappa shape index (κ3) is 12800. The van der Waals surface area contributed by atoms with Gasteiger partial charge in [0.05, 0.1) is 0 Å². The molecule has 0 saturated carbocycles. The lowest BCUT2D eigenvalue weighted by Crippen LogP contribution is -1.59. The lowest BCUT2D eigenvalue weighted by Gasteiger charge is -1.79. The molecule has 0 aromatic rings. The topological polar surface area (TPSA) is 0 Å². The maximum absolute atomic E-state index is 2.21. The van der Waals surface area contributed by atoms with Crippen molar-refractivity contribution in [3.63, 3.8) is 0 Å². The molecule has 0 saturated heterocycles. The van der Waals surface area contributed by atoms with E-state index in [1.165, 1.54) is 116 Å². The van der Waals surface area contributed by atoms with Gasteiger partial charge in [-0.3, -0.25) is 0 Å². The highest BCUT2D eigenvalue weighted by Gasteiger charge is 1.68. The molecule has 51 heavy (non-hydrogen) atoms. The van der Waals surface area contributed by atoms with Crippen LogP contribution in [-0.2, 0) is 0 Å². The van der Waals surface area contributed by atoms with E-state index >= 15 is 0 Å². The highest BCUT2D eigenvalue weighted by Crippen LogP contribution is 1.88. The molecule has 0 heterocycles. The van der Waals surface area contributed by atoms with Gasteiger partial charge < -0.3 is 0 Å². The molecule has 0 heteroatoms. The van der Waals surface area contributed by atoms with Crippen LogP contribution in [0.4, 0.5) is 0 Å². The molecule has 0 fully saturated rings. The quantitative estimate of drug-likeness (QED) is 0.269. The van der Waals surface area contributed by atoms with Gasteiger partial charge in [-0.15, -0.1) is 0 Å². The van der Waals surface area contributed by atoms with E-state index < -0.39 is 0 Å². The van der Waals surface area contributed by atoms with Crippen molar-refractivity contribution in [2.24, 2.45) is 0 Å². The molecule has 0 nitrogen and oxygen atoms in total. The number of unbranched alkanes of at least 4 members (excludes halogenated alkanes) is 3. The van der Waals surface area contributed by atoms with Crippen LogP contribution < -0.4 is 0 Å². The molecular weight excluding hydrogens is 613 g/mol. The summed E-state index contributed by atoms with van der Waals surface area (Å²) in [4.78, 5) is 0. The van der Waals surface area contributed by atoms with Crippen molar-refractivity contribution in [3.8, 4) is 0 Å². The van der Waals surface area contributed by atoms with Crippen LogP contribution in [-0.4, -0.2) is 0 Å². The second kappa shape index (κ2) is 371. The molecule has 0 aliphatic carbocycles. The van der Waals surface area contributed by atoms with Crippen LogP contribution >= 0.6 is 0 Å². The van der Waals surface area contributed by atoms with Crippen LogP contribution in [0.1, 0.15) is 346 Å². The molecular formula is C51H138. The summed E-state index contributed by atoms with van der Waals surface area (Å²) in [6.45, 7) is 64.0. The maximum Gasteiger partial charge on any atom is -0.0538 e. The molecule has 0 atom stereocenters. The van der Waals surface area contributed by atoms with Crippen molar-refractivity contribution in [1.82, 2.24) is 0 Å². The van der Waals surface area contributed by atoms with Crippen LogP contribution in [0.2, 0.25) is 0 Å². The maximum atomic E-state index is 2.21. The van der Waals surface area contributed by atoms with Gasteiger partial charge in [-0.1, -0.05) is 346 Å². The molecule has 0 spiro atoms. The first-order valence-corrected chi connectivity index (χ1v) is 22.7. The van der Waals surface area contributed by atoms with Crippen molar-refractivity contribution in [2.45, 2.75) is 346 Å². The highest BCUT2D eigenvalue weighted by atomic mass is 13.7. The Balaban J connectivity index is -0.0000000143. The summed E-state index contributed by atoms with van der Waals surface area (Å²) < 4.78 is 0. The van der Waals surface area contributed by atoms with E-state index in [9.17, 15) is 0 Å². The van der Waals surface area contributed by atoms with Crippen LogP contribution in [0.15, 0.2) is 0 Å². The average Bonchev–Trinajstić information content (AvgIpc) is 2.99. The van der Waals surface area contributed by atoms with E-state index in [1.807, 2.05) is 0 Å². The first-order chi connectivity index (χ1) is 22.7. The van der Waals surface area contributed by atoms with E-state index in [0.717, 1.165) is 0 Å². The zero-order chi connectivity index (χ0) is 42.7. The van der Waals surface area contributed by atoms with Gasteiger partial charge in [-0.2, -0.15) is 0 Å². The molecule has 0 bridgehead atoms. The van der Waals surface area contributed by atoms with Gasteiger partial charge in [0.15, 0.2) is 0 Å². The molecule has 342 valence electrons. The Hall–Kier alpha value is 0. The van der Waals surface area contributed by atoms with Crippen LogP contribution in [0.3, 0.4) is 0 Å². The summed E-state index contributed by atoms with van der Waals surface area (Å²) in [6.07, 6.45) is 23.0. The minimum Gasteiger partial charge on any atom is -0.0776 e. The molecule has 0 aromatic carbocycles. The second-order valence-corrected chi connectivity index (χ2v) is 11.5. The third-order valence-electron chi connectivity index (χ3n) is 1.21. The molecule has 0 radical (unpaired) electrons. The SMILES string of the molecule is C.C.C.CCC.CCC.CCC.CCC.CCC.CCC.CCC.CCC.CCC.CCC.CCC.CCC.CCC.CCCC.CCCCC. The summed E-state index contributed by atoms with van der Waals surface area (Å²) in [5.41, 5.74) is 0. The minimum absolute atomic E-state index is 0. The molecule has 0 unspecified atom stereocenters. The number of hydrogen-bond donors (Lipinski definition) is 0. The average molecular weight is 752 g/mol. The van der Waals surface area contributed by atoms with Gasteiger partial charge in [0.2, 0.25) is 0 Å². The lowest BCUT2D eigenvalue weighted by atomic mass is 10.3. The Kier molecular flexibility index (Phi) is 851. The second-order valence-electron chi connectivity index (χ2n) is 11.5. The van der Waals surface area contributed by atoms with Gasteiger partial charge in [0.1, 0.15) is 0 Å². The Bertz CT molecular complexity index is 98.0. The predicted molar refractivity (Wildman–Crippen MR) is 274 cm³/mol. The van der Waals surface area contributed by atoms with Crippen molar-refractivity contribution < 1.29 is 0 Å². The van der Waals surface area contributed by atoms with Gasteiger partial charge in [0, 0.05) is 0 Å². The smallest absolute Gasteiger partial charge is 0.0538 e. The molecule has 0 aromatic heterocycles. The van der Waals surface area contributed by atoms with Crippen LogP contribution in [0, 0.1) is 0 Å². The fourth-order valence-electron chi connectivity index (χ4n) is 0.354. The van der Waals surface area contributed by atoms with Crippen molar-refractivity contribution in [1.29, 1.82) is 0 Å². The zero-order valence-electron chi connectivity index (χ0n) is 42.7. The standard InChI is InChI=1S/C5H12.C4H10.13C3H8.3CH4/c1-3-5-4-2;1-3-4-2;13*1-3-2;;;/h3-5H2,1-2H3;3-4H2,1-2H3;13*3H2,1-2H3;3*1H4. The van der Waals surface area contributed by atoms with Crippen molar-refractivity contribution in [2.75, 3.05) is 0 Å². The Morgan fingerprint density at radius 1 is 0.137 bits per heavy atom. The van der Waals surface area contributed by atoms with E-state index in [4.69, 9.17) is 0 Å². The van der Waals surface area contributed by atoms with Gasteiger partial charge in [-0.05, 0) is 0 Å². The largest absolute Gasteiger partial charge is 0.0776 e. The normalized spacial score (nSPS) is 6.00. The Morgan fingerprint density at radius 3 is 0.196 bits per heavy atom. The third-order valence-corrected chi connectivity index (χ3v) is 1.21. The van der Waals surface area contributed by atoms with Crippen molar-refractivity contribution in [3.05, 3.63) is 0 Å². The minimum atomic E-state index is 0. The first-order valence-electron chi connectivity index (χ1n) is 22.7. The first kappa shape index (κ1) is 117. The van der Waals surface area contributed by atoms with E-state index in [-0.39, 0.29) is 22.3 Å². The molecule has 0 N–H and O–H groups in total. The van der Waals surface area contributed by atoms with Gasteiger partial charge >= 0.3 is 0 Å². The van der Waals surface area contributed by atoms with Crippen LogP contribution in [0.5, 0.6) is 0 Å². The molecule has 0 aliphatic rings. The van der Waals surface area contributed by atoms with E-state index in [0.29, 0.717) is 0 Å². The summed E-state index contributed by atoms with van der Waals surface area (Å²) in [6, 6.07) is 0. The van der Waals surface area contributed by atoms with Gasteiger partial charge in [-0.25, -0.2) is 0 Å². The van der Waals surface area contributed by atoms with Crippen molar-refractivity contribution >= 4 is 0 Å². The molecule has 0 aliphatic heterocycles. The number of rotatable bonds is 3. The lowest BCUT2D eigenvalue weighted by molar-refractivity contribution is 0.772.